The van der Waals surface area contributed by atoms with Crippen LogP contribution in [0.15, 0.2) is 24.3 Å². The van der Waals surface area contributed by atoms with Gasteiger partial charge in [0, 0.05) is 0 Å². The van der Waals surface area contributed by atoms with Gasteiger partial charge in [0.25, 0.3) is 0 Å². The van der Waals surface area contributed by atoms with Gasteiger partial charge in [-0.3, -0.25) is 0 Å². The van der Waals surface area contributed by atoms with Crippen LogP contribution in [0.5, 0.6) is 0 Å². The summed E-state index contributed by atoms with van der Waals surface area (Å²) >= 11 is 0. The number of carbonyl (C=O) groups is 1. The summed E-state index contributed by atoms with van der Waals surface area (Å²) in [5.41, 5.74) is 1.94. The molecule has 0 aliphatic rings. The van der Waals surface area contributed by atoms with Crippen molar-refractivity contribution in [3.8, 4) is 6.07 Å². The molecule has 1 aromatic carbocycles. The molecule has 0 aliphatic carbocycles. The highest BCUT2D eigenvalue weighted by molar-refractivity contribution is 5.66. The lowest BCUT2D eigenvalue weighted by Crippen LogP contribution is -1.97. The van der Waals surface area contributed by atoms with Crippen molar-refractivity contribution >= 4 is 6.29 Å². The lowest BCUT2D eigenvalue weighted by molar-refractivity contribution is -0.108. The molecule has 0 saturated carbocycles. The van der Waals surface area contributed by atoms with Gasteiger partial charge < -0.3 is 4.79 Å². The summed E-state index contributed by atoms with van der Waals surface area (Å²) in [6, 6.07) is 9.53. The van der Waals surface area contributed by atoms with Gasteiger partial charge in [0.15, 0.2) is 0 Å². The Morgan fingerprint density at radius 2 is 2.38 bits per heavy atom. The van der Waals surface area contributed by atoms with E-state index in [1.165, 1.54) is 0 Å². The van der Waals surface area contributed by atoms with Crippen molar-refractivity contribution in [2.24, 2.45) is 0 Å². The molecule has 0 bridgehead atoms. The number of aryl methyl sites for hydroxylation is 1. The second-order valence-electron chi connectivity index (χ2n) is 2.84. The molecule has 0 N–H and O–H groups in total. The Labute approximate surface area is 77.8 Å². The molecule has 0 saturated heterocycles. The standard InChI is InChI=1S/C11H11NO/c1-2-9-4-3-5-10(6-9)11(7-12)8-13/h3-6,8,11H,2H2,1H3. The maximum Gasteiger partial charge on any atom is 0.141 e. The summed E-state index contributed by atoms with van der Waals surface area (Å²) in [4.78, 5) is 10.5. The number of carbonyl (C=O) groups excluding carboxylic acids is 1. The number of nitrogens with zero attached hydrogens (tertiary/aromatic N) is 1. The van der Waals surface area contributed by atoms with E-state index in [0.29, 0.717) is 6.29 Å². The van der Waals surface area contributed by atoms with Gasteiger partial charge >= 0.3 is 0 Å². The molecular formula is C11H11NO. The lowest BCUT2D eigenvalue weighted by Gasteiger charge is -2.03. The zero-order chi connectivity index (χ0) is 9.68. The van der Waals surface area contributed by atoms with Crippen LogP contribution in [0.2, 0.25) is 0 Å². The smallest absolute Gasteiger partial charge is 0.141 e. The Kier molecular flexibility index (Phi) is 3.22. The second kappa shape index (κ2) is 4.42. The Morgan fingerprint density at radius 3 is 2.92 bits per heavy atom. The third kappa shape index (κ3) is 2.16. The fraction of sp³-hybridized carbons (Fsp3) is 0.273. The number of benzene rings is 1. The van der Waals surface area contributed by atoms with Crippen molar-refractivity contribution in [2.45, 2.75) is 19.3 Å². The number of rotatable bonds is 3. The maximum absolute atomic E-state index is 10.5. The van der Waals surface area contributed by atoms with Crippen molar-refractivity contribution in [2.75, 3.05) is 0 Å². The van der Waals surface area contributed by atoms with Gasteiger partial charge in [-0.1, -0.05) is 31.2 Å². The average Bonchev–Trinajstić information content (AvgIpc) is 2.20. The first-order valence-corrected chi connectivity index (χ1v) is 4.25. The van der Waals surface area contributed by atoms with Crippen molar-refractivity contribution in [1.82, 2.24) is 0 Å². The summed E-state index contributed by atoms with van der Waals surface area (Å²) in [5.74, 6) is -0.619. The van der Waals surface area contributed by atoms with Crippen LogP contribution in [0.4, 0.5) is 0 Å². The van der Waals surface area contributed by atoms with Crippen LogP contribution in [-0.2, 0) is 11.2 Å². The highest BCUT2D eigenvalue weighted by atomic mass is 16.1. The Balaban J connectivity index is 3.01. The summed E-state index contributed by atoms with van der Waals surface area (Å²) in [5, 5.41) is 8.66. The minimum atomic E-state index is -0.619. The van der Waals surface area contributed by atoms with Gasteiger partial charge in [0.2, 0.25) is 0 Å². The third-order valence-electron chi connectivity index (χ3n) is 1.99. The molecule has 0 amide bonds. The van der Waals surface area contributed by atoms with Crippen LogP contribution in [0.3, 0.4) is 0 Å². The van der Waals surface area contributed by atoms with Crippen molar-refractivity contribution in [1.29, 1.82) is 5.26 Å². The Morgan fingerprint density at radius 1 is 1.62 bits per heavy atom. The van der Waals surface area contributed by atoms with Gasteiger partial charge in [-0.25, -0.2) is 0 Å². The Hall–Kier alpha value is -1.62. The molecule has 1 rings (SSSR count). The predicted octanol–water partition coefficient (Wildman–Crippen LogP) is 2.06. The van der Waals surface area contributed by atoms with Crippen LogP contribution >= 0.6 is 0 Å². The zero-order valence-electron chi connectivity index (χ0n) is 7.53. The monoisotopic (exact) mass is 173 g/mol. The molecule has 0 heterocycles. The minimum Gasteiger partial charge on any atom is -0.302 e. The van der Waals surface area contributed by atoms with Crippen LogP contribution in [0, 0.1) is 11.3 Å². The molecule has 1 aromatic rings. The van der Waals surface area contributed by atoms with E-state index in [4.69, 9.17) is 5.26 Å². The number of hydrogen-bond acceptors (Lipinski definition) is 2. The van der Waals surface area contributed by atoms with E-state index < -0.39 is 5.92 Å². The van der Waals surface area contributed by atoms with Gasteiger partial charge in [0.1, 0.15) is 12.2 Å². The van der Waals surface area contributed by atoms with Crippen molar-refractivity contribution < 1.29 is 4.79 Å². The normalized spacial score (nSPS) is 11.7. The minimum absolute atomic E-state index is 0.619. The molecule has 0 aliphatic heterocycles. The molecule has 66 valence electrons. The predicted molar refractivity (Wildman–Crippen MR) is 50.2 cm³/mol. The summed E-state index contributed by atoms with van der Waals surface area (Å²) in [6.07, 6.45) is 1.60. The molecular weight excluding hydrogens is 162 g/mol. The third-order valence-corrected chi connectivity index (χ3v) is 1.99. The summed E-state index contributed by atoms with van der Waals surface area (Å²) in [6.45, 7) is 2.04. The van der Waals surface area contributed by atoms with Crippen LogP contribution in [0.25, 0.3) is 0 Å². The summed E-state index contributed by atoms with van der Waals surface area (Å²) in [7, 11) is 0. The summed E-state index contributed by atoms with van der Waals surface area (Å²) < 4.78 is 0. The van der Waals surface area contributed by atoms with Crippen LogP contribution < -0.4 is 0 Å². The molecule has 0 aromatic heterocycles. The zero-order valence-corrected chi connectivity index (χ0v) is 7.53. The van der Waals surface area contributed by atoms with E-state index >= 15 is 0 Å². The first kappa shape index (κ1) is 9.47. The molecule has 0 spiro atoms. The van der Waals surface area contributed by atoms with Gasteiger partial charge in [-0.05, 0) is 17.5 Å². The molecule has 13 heavy (non-hydrogen) atoms. The molecule has 0 radical (unpaired) electrons. The first-order chi connectivity index (χ1) is 6.31. The Bertz CT molecular complexity index is 338. The largest absolute Gasteiger partial charge is 0.302 e. The van der Waals surface area contributed by atoms with Gasteiger partial charge in [-0.15, -0.1) is 0 Å². The molecule has 1 unspecified atom stereocenters. The lowest BCUT2D eigenvalue weighted by atomic mass is 9.99. The van der Waals surface area contributed by atoms with Crippen LogP contribution in [0.1, 0.15) is 24.0 Å². The van der Waals surface area contributed by atoms with E-state index in [-0.39, 0.29) is 0 Å². The van der Waals surface area contributed by atoms with E-state index in [1.54, 1.807) is 6.07 Å². The van der Waals surface area contributed by atoms with Crippen molar-refractivity contribution in [3.05, 3.63) is 35.4 Å². The maximum atomic E-state index is 10.5. The number of hydrogen-bond donors (Lipinski definition) is 0. The topological polar surface area (TPSA) is 40.9 Å². The van der Waals surface area contributed by atoms with E-state index in [2.05, 4.69) is 0 Å². The number of nitriles is 1. The molecule has 2 heteroatoms. The van der Waals surface area contributed by atoms with E-state index in [1.807, 2.05) is 31.2 Å². The van der Waals surface area contributed by atoms with Crippen molar-refractivity contribution in [3.63, 3.8) is 0 Å². The fourth-order valence-corrected chi connectivity index (χ4v) is 1.19. The quantitative estimate of drug-likeness (QED) is 0.656. The molecule has 2 nitrogen and oxygen atoms in total. The molecule has 1 atom stereocenters. The average molecular weight is 173 g/mol. The SMILES string of the molecule is CCc1cccc(C(C#N)C=O)c1. The fourth-order valence-electron chi connectivity index (χ4n) is 1.19. The molecule has 0 fully saturated rings. The highest BCUT2D eigenvalue weighted by Crippen LogP contribution is 2.14. The van der Waals surface area contributed by atoms with Crippen LogP contribution in [-0.4, -0.2) is 6.29 Å². The first-order valence-electron chi connectivity index (χ1n) is 4.25. The van der Waals surface area contributed by atoms with E-state index in [0.717, 1.165) is 17.5 Å². The van der Waals surface area contributed by atoms with Gasteiger partial charge in [-0.2, -0.15) is 5.26 Å². The second-order valence-corrected chi connectivity index (χ2v) is 2.84. The van der Waals surface area contributed by atoms with E-state index in [9.17, 15) is 4.79 Å². The number of aldehydes is 1. The highest BCUT2D eigenvalue weighted by Gasteiger charge is 2.08. The van der Waals surface area contributed by atoms with Gasteiger partial charge in [0.05, 0.1) is 6.07 Å².